The van der Waals surface area contributed by atoms with Crippen molar-refractivity contribution >= 4 is 93.0 Å². The monoisotopic (exact) mass is 820 g/mol. The maximum Gasteiger partial charge on any atom is 0.179 e. The molecule has 0 aliphatic heterocycles. The van der Waals surface area contributed by atoms with Crippen molar-refractivity contribution in [2.45, 2.75) is 0 Å². The average Bonchev–Trinajstić information content (AvgIpc) is 3.97. The van der Waals surface area contributed by atoms with Crippen molar-refractivity contribution in [3.05, 3.63) is 212 Å². The van der Waals surface area contributed by atoms with E-state index in [1.54, 1.807) is 11.3 Å². The third kappa shape index (κ3) is 5.83. The van der Waals surface area contributed by atoms with Gasteiger partial charge in [0.1, 0.15) is 11.2 Å². The predicted octanol–water partition coefficient (Wildman–Crippen LogP) is 11.7. The number of fused-ring (bicyclic) bond motifs is 7. The second-order valence-electron chi connectivity index (χ2n) is 15.0. The molecule has 0 bridgehead atoms. The van der Waals surface area contributed by atoms with Gasteiger partial charge in [0.15, 0.2) is 25.5 Å². The smallest absolute Gasteiger partial charge is 0.179 e. The number of para-hydroxylation sites is 1. The van der Waals surface area contributed by atoms with Gasteiger partial charge in [0.2, 0.25) is 0 Å². The van der Waals surface area contributed by atoms with Crippen LogP contribution in [0.15, 0.2) is 217 Å². The first-order valence-corrected chi connectivity index (χ1v) is 22.7. The molecule has 3 heterocycles. The summed E-state index contributed by atoms with van der Waals surface area (Å²) >= 11 is 1.79. The van der Waals surface area contributed by atoms with Crippen LogP contribution in [-0.4, -0.2) is 23.0 Å². The number of rotatable bonds is 7. The highest BCUT2D eigenvalue weighted by Gasteiger charge is 2.42. The number of hydrogen-bond donors (Lipinski definition) is 0. The molecule has 0 atom stereocenters. The van der Waals surface area contributed by atoms with Crippen LogP contribution in [0.3, 0.4) is 0 Å². The second kappa shape index (κ2) is 14.3. The number of benzene rings is 9. The molecule has 0 saturated carbocycles. The van der Waals surface area contributed by atoms with Gasteiger partial charge in [-0.15, -0.1) is 11.3 Å². The molecule has 61 heavy (non-hydrogen) atoms. The van der Waals surface area contributed by atoms with E-state index in [1.807, 2.05) is 66.7 Å². The lowest BCUT2D eigenvalue weighted by Crippen LogP contribution is -2.74. The van der Waals surface area contributed by atoms with Crippen LogP contribution in [0.1, 0.15) is 9.60 Å². The highest BCUT2D eigenvalue weighted by atomic mass is 32.1. The summed E-state index contributed by atoms with van der Waals surface area (Å²) in [7, 11) is -3.14. The molecule has 4 nitrogen and oxygen atoms in total. The van der Waals surface area contributed by atoms with Crippen LogP contribution in [-0.2, 0) is 0 Å². The van der Waals surface area contributed by atoms with Gasteiger partial charge in [-0.1, -0.05) is 182 Å². The third-order valence-corrected chi connectivity index (χ3v) is 17.5. The molecule has 6 heteroatoms. The largest absolute Gasteiger partial charge is 0.456 e. The first-order chi connectivity index (χ1) is 33.1. The van der Waals surface area contributed by atoms with Crippen LogP contribution in [0.5, 0.6) is 0 Å². The van der Waals surface area contributed by atoms with Gasteiger partial charge in [-0.05, 0) is 61.8 Å². The number of hydrogen-bond acceptors (Lipinski definition) is 5. The van der Waals surface area contributed by atoms with E-state index < -0.39 is 44.3 Å². The Morgan fingerprint density at radius 2 is 1.07 bits per heavy atom. The molecule has 12 aromatic rings. The molecule has 0 aliphatic rings. The van der Waals surface area contributed by atoms with E-state index >= 15 is 0 Å². The minimum atomic E-state index is -3.14. The van der Waals surface area contributed by atoms with Crippen molar-refractivity contribution in [2.24, 2.45) is 0 Å². The van der Waals surface area contributed by atoms with Crippen LogP contribution >= 0.6 is 11.3 Å². The molecule has 0 radical (unpaired) electrons. The molecule has 3 aromatic heterocycles. The third-order valence-electron chi connectivity index (χ3n) is 11.6. The Labute approximate surface area is 366 Å². The van der Waals surface area contributed by atoms with Crippen LogP contribution in [0, 0.1) is 0 Å². The first kappa shape index (κ1) is 28.8. The number of aromatic nitrogens is 3. The fourth-order valence-corrected chi connectivity index (χ4v) is 14.9. The van der Waals surface area contributed by atoms with E-state index in [1.165, 1.54) is 35.7 Å². The molecular weight excluding hydrogens is 779 g/mol. The van der Waals surface area contributed by atoms with Gasteiger partial charge in [0.05, 0.1) is 9.60 Å². The highest BCUT2D eigenvalue weighted by Crippen LogP contribution is 2.37. The SMILES string of the molecule is [2H]c1c([2H])c([2H])c2c(oc3c([2H])c([2H])c([2H])c(-c4nc(-c5cccc([Si](c6ccccc6)(c6ccccc6)c6ccc7c(c6)sc6ccccc67)c5)nc(-c5ccc6ccccc6c5)n4)c32)c1[2H]. The molecule has 0 fully saturated rings. The zero-order chi connectivity index (χ0) is 46.4. The van der Waals surface area contributed by atoms with Crippen molar-refractivity contribution in [2.75, 3.05) is 0 Å². The van der Waals surface area contributed by atoms with E-state index in [0.29, 0.717) is 11.1 Å². The Hall–Kier alpha value is -7.51. The van der Waals surface area contributed by atoms with E-state index in [2.05, 4.69) is 103 Å². The van der Waals surface area contributed by atoms with E-state index in [0.717, 1.165) is 16.0 Å². The lowest BCUT2D eigenvalue weighted by molar-refractivity contribution is 0.669. The maximum absolute atomic E-state index is 9.41. The molecule has 12 rings (SSSR count). The predicted molar refractivity (Wildman–Crippen MR) is 257 cm³/mol. The van der Waals surface area contributed by atoms with Gasteiger partial charge in [-0.3, -0.25) is 0 Å². The van der Waals surface area contributed by atoms with Gasteiger partial charge < -0.3 is 4.42 Å². The van der Waals surface area contributed by atoms with E-state index in [4.69, 9.17) is 27.6 Å². The highest BCUT2D eigenvalue weighted by molar-refractivity contribution is 7.26. The number of thiophene rings is 1. The lowest BCUT2D eigenvalue weighted by Gasteiger charge is -2.34. The van der Waals surface area contributed by atoms with Crippen LogP contribution in [0.25, 0.3) is 87.0 Å². The Bertz CT molecular complexity index is 3990. The van der Waals surface area contributed by atoms with Gasteiger partial charge in [0.25, 0.3) is 0 Å². The zero-order valence-electron chi connectivity index (χ0n) is 39.3. The van der Waals surface area contributed by atoms with Gasteiger partial charge in [-0.25, -0.2) is 15.0 Å². The number of furan rings is 1. The van der Waals surface area contributed by atoms with Gasteiger partial charge >= 0.3 is 0 Å². The molecule has 0 N–H and O–H groups in total. The zero-order valence-corrected chi connectivity index (χ0v) is 34.1. The normalized spacial score (nSPS) is 13.5. The molecule has 0 spiro atoms. The van der Waals surface area contributed by atoms with Crippen molar-refractivity contribution in [3.8, 4) is 34.2 Å². The van der Waals surface area contributed by atoms with Crippen molar-refractivity contribution in [3.63, 3.8) is 0 Å². The summed E-state index contributed by atoms with van der Waals surface area (Å²) in [4.78, 5) is 15.3. The first-order valence-electron chi connectivity index (χ1n) is 23.4. The number of nitrogens with zero attached hydrogens (tertiary/aromatic N) is 3. The van der Waals surface area contributed by atoms with Crippen molar-refractivity contribution in [1.29, 1.82) is 0 Å². The Morgan fingerprint density at radius 1 is 0.426 bits per heavy atom. The molecule has 0 amide bonds. The fraction of sp³-hybridized carbons (Fsp3) is 0. The molecule has 0 saturated heterocycles. The molecule has 0 aliphatic carbocycles. The lowest BCUT2D eigenvalue weighted by atomic mass is 10.0. The molecule has 9 aromatic carbocycles. The van der Waals surface area contributed by atoms with Crippen LogP contribution in [0.4, 0.5) is 0 Å². The Kier molecular flexibility index (Phi) is 6.78. The topological polar surface area (TPSA) is 51.8 Å². The molecule has 286 valence electrons. The van der Waals surface area contributed by atoms with Gasteiger partial charge in [-0.2, -0.15) is 0 Å². The summed E-state index contributed by atoms with van der Waals surface area (Å²) in [6.45, 7) is 0. The fourth-order valence-electron chi connectivity index (χ4n) is 8.83. The summed E-state index contributed by atoms with van der Waals surface area (Å²) in [5.41, 5.74) is 1.00. The van der Waals surface area contributed by atoms with E-state index in [-0.39, 0.29) is 51.0 Å². The van der Waals surface area contributed by atoms with Crippen molar-refractivity contribution < 1.29 is 14.0 Å². The quantitative estimate of drug-likeness (QED) is 0.119. The summed E-state index contributed by atoms with van der Waals surface area (Å²) in [6.07, 6.45) is 0. The summed E-state index contributed by atoms with van der Waals surface area (Å²) in [6, 6.07) is 55.9. The average molecular weight is 821 g/mol. The maximum atomic E-state index is 9.41. The molecule has 0 unspecified atom stereocenters. The second-order valence-corrected chi connectivity index (χ2v) is 19.9. The Balaban J connectivity index is 1.15. The minimum Gasteiger partial charge on any atom is -0.456 e. The molecular formula is C55H35N3OSSi. The van der Waals surface area contributed by atoms with E-state index in [9.17, 15) is 1.37 Å². The van der Waals surface area contributed by atoms with Crippen molar-refractivity contribution in [1.82, 2.24) is 15.0 Å². The van der Waals surface area contributed by atoms with Gasteiger partial charge in [0, 0.05) is 47.6 Å². The van der Waals surface area contributed by atoms with Crippen LogP contribution < -0.4 is 20.7 Å². The minimum absolute atomic E-state index is 0.000514. The summed E-state index contributed by atoms with van der Waals surface area (Å²) < 4.78 is 70.4. The summed E-state index contributed by atoms with van der Waals surface area (Å²) in [5, 5.41) is 9.12. The Morgan fingerprint density at radius 3 is 1.89 bits per heavy atom. The standard InChI is InChI=1S/C55H35N3OSSi/c1-3-18-40(19-4-1)61(41-20-5-2-6-21-41,43-31-32-45-44-23-10-12-28-50(44)60-51(45)35-43)42-22-13-17-38(34-42)53-56-54(39-30-29-36-15-7-8-16-37(36)33-39)58-55(57-53)47-25-14-27-49-52(47)46-24-9-11-26-48(46)59-49/h1-35H/i9D,11D,14D,24D,25D,26D,27D. The summed E-state index contributed by atoms with van der Waals surface area (Å²) in [5.74, 6) is 0.564. The van der Waals surface area contributed by atoms with Crippen LogP contribution in [0.2, 0.25) is 0 Å².